The molecule has 1 saturated heterocycles. The molecule has 1 atom stereocenters. The molecule has 1 N–H and O–H groups in total. The molecule has 0 radical (unpaired) electrons. The van der Waals surface area contributed by atoms with Crippen molar-refractivity contribution in [3.05, 3.63) is 23.2 Å². The first-order chi connectivity index (χ1) is 8.85. The zero-order valence-electron chi connectivity index (χ0n) is 10.6. The first kappa shape index (κ1) is 11.9. The molecule has 96 valence electrons. The van der Waals surface area contributed by atoms with Crippen LogP contribution in [0.4, 0.5) is 0 Å². The van der Waals surface area contributed by atoms with Gasteiger partial charge < -0.3 is 10.1 Å². The number of ether oxygens (including phenoxy) is 1. The van der Waals surface area contributed by atoms with Gasteiger partial charge in [0.25, 0.3) is 0 Å². The van der Waals surface area contributed by atoms with Crippen molar-refractivity contribution in [1.29, 1.82) is 0 Å². The topological polar surface area (TPSA) is 34.1 Å². The molecule has 2 aromatic rings. The van der Waals surface area contributed by atoms with Crippen LogP contribution in [0.1, 0.15) is 24.3 Å². The Hall–Kier alpha value is -1.13. The maximum absolute atomic E-state index is 5.25. The van der Waals surface area contributed by atoms with Gasteiger partial charge >= 0.3 is 0 Å². The van der Waals surface area contributed by atoms with Gasteiger partial charge in [-0.3, -0.25) is 0 Å². The van der Waals surface area contributed by atoms with E-state index in [1.165, 1.54) is 29.0 Å². The summed E-state index contributed by atoms with van der Waals surface area (Å²) in [6.45, 7) is 1.16. The molecule has 1 fully saturated rings. The molecule has 3 rings (SSSR count). The van der Waals surface area contributed by atoms with Crippen LogP contribution in [0.3, 0.4) is 0 Å². The first-order valence-corrected chi connectivity index (χ1v) is 7.33. The molecule has 1 aromatic heterocycles. The molecular formula is C14H18N2OS. The van der Waals surface area contributed by atoms with E-state index in [4.69, 9.17) is 9.72 Å². The molecule has 0 amide bonds. The largest absolute Gasteiger partial charge is 0.497 e. The third-order valence-electron chi connectivity index (χ3n) is 3.47. The Balaban J connectivity index is 1.79. The highest BCUT2D eigenvalue weighted by molar-refractivity contribution is 7.18. The van der Waals surface area contributed by atoms with E-state index in [0.29, 0.717) is 6.04 Å². The second-order valence-corrected chi connectivity index (χ2v) is 5.91. The number of rotatable bonds is 3. The summed E-state index contributed by atoms with van der Waals surface area (Å²) < 4.78 is 6.47. The van der Waals surface area contributed by atoms with Crippen LogP contribution in [0.2, 0.25) is 0 Å². The van der Waals surface area contributed by atoms with Crippen molar-refractivity contribution in [2.24, 2.45) is 0 Å². The van der Waals surface area contributed by atoms with Crippen molar-refractivity contribution >= 4 is 21.6 Å². The van der Waals surface area contributed by atoms with Gasteiger partial charge in [-0.1, -0.05) is 6.42 Å². The average molecular weight is 262 g/mol. The molecule has 2 heterocycles. The highest BCUT2D eigenvalue weighted by atomic mass is 32.1. The Morgan fingerprint density at radius 2 is 2.39 bits per heavy atom. The summed E-state index contributed by atoms with van der Waals surface area (Å²) in [6, 6.07) is 6.71. The van der Waals surface area contributed by atoms with Gasteiger partial charge in [-0.05, 0) is 37.6 Å². The van der Waals surface area contributed by atoms with Crippen LogP contribution in [0.25, 0.3) is 10.2 Å². The quantitative estimate of drug-likeness (QED) is 0.923. The second-order valence-electron chi connectivity index (χ2n) is 4.79. The molecule has 0 spiro atoms. The summed E-state index contributed by atoms with van der Waals surface area (Å²) in [7, 11) is 1.70. The van der Waals surface area contributed by atoms with E-state index in [1.54, 1.807) is 18.4 Å². The number of piperidine rings is 1. The van der Waals surface area contributed by atoms with Crippen molar-refractivity contribution in [3.63, 3.8) is 0 Å². The van der Waals surface area contributed by atoms with Gasteiger partial charge in [-0.25, -0.2) is 4.98 Å². The number of thiazole rings is 1. The SMILES string of the molecule is COc1ccc2nc(CC3CCCCN3)sc2c1. The first-order valence-electron chi connectivity index (χ1n) is 6.52. The number of nitrogens with one attached hydrogen (secondary N) is 1. The molecule has 1 unspecified atom stereocenters. The lowest BCUT2D eigenvalue weighted by Crippen LogP contribution is -2.35. The van der Waals surface area contributed by atoms with Crippen molar-refractivity contribution in [2.75, 3.05) is 13.7 Å². The van der Waals surface area contributed by atoms with Crippen molar-refractivity contribution in [1.82, 2.24) is 10.3 Å². The molecule has 1 aliphatic rings. The van der Waals surface area contributed by atoms with Gasteiger partial charge in [0.1, 0.15) is 5.75 Å². The van der Waals surface area contributed by atoms with Gasteiger partial charge in [0.05, 0.1) is 22.3 Å². The van der Waals surface area contributed by atoms with Crippen molar-refractivity contribution < 1.29 is 4.74 Å². The minimum atomic E-state index is 0.612. The van der Waals surface area contributed by atoms with Crippen LogP contribution in [0.15, 0.2) is 18.2 Å². The van der Waals surface area contributed by atoms with E-state index in [1.807, 2.05) is 12.1 Å². The molecule has 0 aliphatic carbocycles. The zero-order valence-corrected chi connectivity index (χ0v) is 11.4. The average Bonchev–Trinajstić information content (AvgIpc) is 2.80. The smallest absolute Gasteiger partial charge is 0.120 e. The predicted octanol–water partition coefficient (Wildman–Crippen LogP) is 2.99. The lowest BCUT2D eigenvalue weighted by Gasteiger charge is -2.22. The van der Waals surface area contributed by atoms with E-state index >= 15 is 0 Å². The van der Waals surface area contributed by atoms with E-state index in [-0.39, 0.29) is 0 Å². The molecular weight excluding hydrogens is 244 g/mol. The number of nitrogens with zero attached hydrogens (tertiary/aromatic N) is 1. The maximum Gasteiger partial charge on any atom is 0.120 e. The van der Waals surface area contributed by atoms with Gasteiger partial charge in [-0.2, -0.15) is 0 Å². The normalized spacial score (nSPS) is 20.2. The number of hydrogen-bond donors (Lipinski definition) is 1. The number of aromatic nitrogens is 1. The molecule has 1 aliphatic heterocycles. The highest BCUT2D eigenvalue weighted by Gasteiger charge is 2.15. The minimum Gasteiger partial charge on any atom is -0.497 e. The predicted molar refractivity (Wildman–Crippen MR) is 75.5 cm³/mol. The molecule has 3 nitrogen and oxygen atoms in total. The van der Waals surface area contributed by atoms with Crippen LogP contribution < -0.4 is 10.1 Å². The van der Waals surface area contributed by atoms with Gasteiger partial charge in [0.2, 0.25) is 0 Å². The van der Waals surface area contributed by atoms with Gasteiger partial charge in [0.15, 0.2) is 0 Å². The minimum absolute atomic E-state index is 0.612. The maximum atomic E-state index is 5.25. The highest BCUT2D eigenvalue weighted by Crippen LogP contribution is 2.27. The Morgan fingerprint density at radius 3 is 3.17 bits per heavy atom. The third kappa shape index (κ3) is 2.49. The fraction of sp³-hybridized carbons (Fsp3) is 0.500. The van der Waals surface area contributed by atoms with Gasteiger partial charge in [-0.15, -0.1) is 11.3 Å². The van der Waals surface area contributed by atoms with Crippen LogP contribution >= 0.6 is 11.3 Å². The fourth-order valence-electron chi connectivity index (χ4n) is 2.48. The Bertz CT molecular complexity index is 532. The summed E-state index contributed by atoms with van der Waals surface area (Å²) in [6.07, 6.45) is 4.99. The molecule has 18 heavy (non-hydrogen) atoms. The summed E-state index contributed by atoms with van der Waals surface area (Å²) in [5.74, 6) is 0.911. The van der Waals surface area contributed by atoms with Crippen molar-refractivity contribution in [3.8, 4) is 5.75 Å². The van der Waals surface area contributed by atoms with Crippen LogP contribution in [-0.4, -0.2) is 24.7 Å². The number of fused-ring (bicyclic) bond motifs is 1. The Kier molecular flexibility index (Phi) is 3.48. The lowest BCUT2D eigenvalue weighted by molar-refractivity contribution is 0.399. The molecule has 0 bridgehead atoms. The molecule has 1 aromatic carbocycles. The van der Waals surface area contributed by atoms with E-state index in [0.717, 1.165) is 24.2 Å². The van der Waals surface area contributed by atoms with E-state index < -0.39 is 0 Å². The van der Waals surface area contributed by atoms with Crippen molar-refractivity contribution in [2.45, 2.75) is 31.7 Å². The standard InChI is InChI=1S/C14H18N2OS/c1-17-11-5-6-12-13(9-11)18-14(16-12)8-10-4-2-3-7-15-10/h5-6,9-10,15H,2-4,7-8H2,1H3. The summed E-state index contributed by atoms with van der Waals surface area (Å²) in [4.78, 5) is 4.71. The summed E-state index contributed by atoms with van der Waals surface area (Å²) in [5.41, 5.74) is 1.09. The Morgan fingerprint density at radius 1 is 1.44 bits per heavy atom. The monoisotopic (exact) mass is 262 g/mol. The third-order valence-corrected chi connectivity index (χ3v) is 4.51. The molecule has 0 saturated carbocycles. The summed E-state index contributed by atoms with van der Waals surface area (Å²) >= 11 is 1.79. The second kappa shape index (κ2) is 5.24. The van der Waals surface area contributed by atoms with E-state index in [9.17, 15) is 0 Å². The lowest BCUT2D eigenvalue weighted by atomic mass is 10.0. The summed E-state index contributed by atoms with van der Waals surface area (Å²) in [5, 5.41) is 4.81. The van der Waals surface area contributed by atoms with Crippen LogP contribution in [0, 0.1) is 0 Å². The fourth-order valence-corrected chi connectivity index (χ4v) is 3.55. The number of methoxy groups -OCH3 is 1. The van der Waals surface area contributed by atoms with E-state index in [2.05, 4.69) is 11.4 Å². The van der Waals surface area contributed by atoms with Crippen LogP contribution in [0.5, 0.6) is 5.75 Å². The zero-order chi connectivity index (χ0) is 12.4. The number of hydrogen-bond acceptors (Lipinski definition) is 4. The van der Waals surface area contributed by atoms with Crippen LogP contribution in [-0.2, 0) is 6.42 Å². The number of benzene rings is 1. The Labute approximate surface area is 111 Å². The van der Waals surface area contributed by atoms with Gasteiger partial charge in [0, 0.05) is 12.5 Å². The molecule has 4 heteroatoms.